The molecule has 2 heterocycles. The lowest BCUT2D eigenvalue weighted by atomic mass is 10.2. The Hall–Kier alpha value is -3.39. The molecular formula is C22H22N4O3S. The Morgan fingerprint density at radius 2 is 1.83 bits per heavy atom. The van der Waals surface area contributed by atoms with Crippen molar-refractivity contribution in [1.82, 2.24) is 9.78 Å². The second kappa shape index (κ2) is 8.54. The van der Waals surface area contributed by atoms with Crippen molar-refractivity contribution < 1.29 is 13.2 Å². The summed E-state index contributed by atoms with van der Waals surface area (Å²) in [6, 6.07) is 18.8. The van der Waals surface area contributed by atoms with Crippen LogP contribution in [0.15, 0.2) is 72.9 Å². The molecule has 7 nitrogen and oxygen atoms in total. The molecule has 0 radical (unpaired) electrons. The van der Waals surface area contributed by atoms with Crippen molar-refractivity contribution >= 4 is 33.5 Å². The van der Waals surface area contributed by atoms with E-state index in [1.165, 1.54) is 10.4 Å². The quantitative estimate of drug-likeness (QED) is 0.619. The van der Waals surface area contributed by atoms with Gasteiger partial charge in [-0.05, 0) is 35.8 Å². The molecule has 1 fully saturated rings. The van der Waals surface area contributed by atoms with Crippen LogP contribution in [-0.2, 0) is 21.4 Å². The smallest absolute Gasteiger partial charge is 0.249 e. The molecule has 0 spiro atoms. The highest BCUT2D eigenvalue weighted by Gasteiger charge is 2.28. The van der Waals surface area contributed by atoms with Gasteiger partial charge in [0.2, 0.25) is 15.9 Å². The fraction of sp³-hybridized carbons (Fsp3) is 0.182. The molecule has 1 saturated heterocycles. The molecule has 0 saturated carbocycles. The van der Waals surface area contributed by atoms with E-state index in [4.69, 9.17) is 0 Å². The van der Waals surface area contributed by atoms with Crippen molar-refractivity contribution in [2.24, 2.45) is 0 Å². The van der Waals surface area contributed by atoms with Gasteiger partial charge in [0.1, 0.15) is 5.82 Å². The van der Waals surface area contributed by atoms with Crippen molar-refractivity contribution in [1.29, 1.82) is 0 Å². The number of benzene rings is 2. The molecule has 0 bridgehead atoms. The topological polar surface area (TPSA) is 84.3 Å². The van der Waals surface area contributed by atoms with Crippen LogP contribution < -0.4 is 9.62 Å². The van der Waals surface area contributed by atoms with Crippen LogP contribution in [0.2, 0.25) is 0 Å². The van der Waals surface area contributed by atoms with E-state index in [0.717, 1.165) is 11.1 Å². The summed E-state index contributed by atoms with van der Waals surface area (Å²) < 4.78 is 27.2. The van der Waals surface area contributed by atoms with Gasteiger partial charge in [0.05, 0.1) is 24.2 Å². The van der Waals surface area contributed by atoms with Gasteiger partial charge < -0.3 is 5.32 Å². The molecule has 1 aromatic heterocycles. The number of nitrogens with one attached hydrogen (secondary N) is 1. The first-order chi connectivity index (χ1) is 14.5. The Bertz CT molecular complexity index is 1150. The second-order valence-corrected chi connectivity index (χ2v) is 9.03. The summed E-state index contributed by atoms with van der Waals surface area (Å²) in [6.45, 7) is 1.07. The average molecular weight is 423 g/mol. The molecule has 1 N–H and O–H groups in total. The average Bonchev–Trinajstić information content (AvgIpc) is 3.33. The zero-order chi connectivity index (χ0) is 21.0. The van der Waals surface area contributed by atoms with Crippen molar-refractivity contribution in [2.45, 2.75) is 13.0 Å². The van der Waals surface area contributed by atoms with Crippen molar-refractivity contribution in [3.8, 4) is 0 Å². The molecule has 2 aromatic carbocycles. The second-order valence-electron chi connectivity index (χ2n) is 7.02. The number of aromatic nitrogens is 2. The van der Waals surface area contributed by atoms with E-state index in [-0.39, 0.29) is 11.7 Å². The van der Waals surface area contributed by atoms with E-state index in [1.54, 1.807) is 47.3 Å². The third-order valence-corrected chi connectivity index (χ3v) is 6.72. The van der Waals surface area contributed by atoms with E-state index in [9.17, 15) is 13.2 Å². The van der Waals surface area contributed by atoms with Gasteiger partial charge >= 0.3 is 0 Å². The first-order valence-corrected chi connectivity index (χ1v) is 11.3. The fourth-order valence-electron chi connectivity index (χ4n) is 3.34. The number of amides is 1. The lowest BCUT2D eigenvalue weighted by molar-refractivity contribution is -0.111. The van der Waals surface area contributed by atoms with Crippen LogP contribution in [-0.4, -0.2) is 36.4 Å². The number of sulfonamides is 1. The lowest BCUT2D eigenvalue weighted by Gasteiger charge is -2.16. The molecule has 1 aliphatic heterocycles. The number of carbonyl (C=O) groups excluding carboxylic acids is 1. The number of hydrogen-bond donors (Lipinski definition) is 1. The van der Waals surface area contributed by atoms with Crippen LogP contribution >= 0.6 is 0 Å². The van der Waals surface area contributed by atoms with Crippen LogP contribution in [0.5, 0.6) is 0 Å². The Balaban J connectivity index is 1.38. The van der Waals surface area contributed by atoms with E-state index in [1.807, 2.05) is 30.3 Å². The van der Waals surface area contributed by atoms with Gasteiger partial charge in [-0.25, -0.2) is 13.1 Å². The first-order valence-electron chi connectivity index (χ1n) is 9.66. The summed E-state index contributed by atoms with van der Waals surface area (Å²) in [4.78, 5) is 12.3. The van der Waals surface area contributed by atoms with E-state index in [2.05, 4.69) is 10.4 Å². The van der Waals surface area contributed by atoms with Crippen LogP contribution in [0, 0.1) is 0 Å². The van der Waals surface area contributed by atoms with Crippen LogP contribution in [0.4, 0.5) is 11.5 Å². The Kier molecular flexibility index (Phi) is 5.67. The van der Waals surface area contributed by atoms with Gasteiger partial charge in [0.25, 0.3) is 0 Å². The first kappa shape index (κ1) is 19.9. The minimum Gasteiger partial charge on any atom is -0.307 e. The molecule has 154 valence electrons. The zero-order valence-electron chi connectivity index (χ0n) is 16.3. The standard InChI is InChI=1S/C22H22N4O3S/c27-22(24-21-13-14-23-25(21)17-19-5-2-1-3-6-19)12-9-18-7-10-20(11-8-18)26-15-4-16-30(26,28)29/h1-3,5-14H,4,15-17H2,(H,24,27). The summed E-state index contributed by atoms with van der Waals surface area (Å²) in [7, 11) is -3.19. The van der Waals surface area contributed by atoms with Crippen molar-refractivity contribution in [2.75, 3.05) is 21.9 Å². The highest BCUT2D eigenvalue weighted by atomic mass is 32.2. The Labute approximate surface area is 175 Å². The van der Waals surface area contributed by atoms with Gasteiger partial charge in [-0.15, -0.1) is 0 Å². The maximum Gasteiger partial charge on any atom is 0.249 e. The number of nitrogens with zero attached hydrogens (tertiary/aromatic N) is 3. The Morgan fingerprint density at radius 3 is 2.53 bits per heavy atom. The highest BCUT2D eigenvalue weighted by molar-refractivity contribution is 7.93. The molecule has 30 heavy (non-hydrogen) atoms. The third kappa shape index (κ3) is 4.60. The molecule has 4 rings (SSSR count). The van der Waals surface area contributed by atoms with Gasteiger partial charge in [0.15, 0.2) is 0 Å². The maximum absolute atomic E-state index is 12.3. The maximum atomic E-state index is 12.3. The van der Waals surface area contributed by atoms with Gasteiger partial charge in [-0.3, -0.25) is 9.10 Å². The van der Waals surface area contributed by atoms with Crippen molar-refractivity contribution in [3.63, 3.8) is 0 Å². The summed E-state index contributed by atoms with van der Waals surface area (Å²) in [5, 5.41) is 7.10. The predicted molar refractivity (Wildman–Crippen MR) is 118 cm³/mol. The van der Waals surface area contributed by atoms with Gasteiger partial charge in [0, 0.05) is 18.7 Å². The SMILES string of the molecule is O=C(C=Cc1ccc(N2CCCS2(=O)=O)cc1)Nc1ccnn1Cc1ccccc1. The highest BCUT2D eigenvalue weighted by Crippen LogP contribution is 2.24. The summed E-state index contributed by atoms with van der Waals surface area (Å²) >= 11 is 0. The molecule has 8 heteroatoms. The molecular weight excluding hydrogens is 400 g/mol. The fourth-order valence-corrected chi connectivity index (χ4v) is 4.91. The predicted octanol–water partition coefficient (Wildman–Crippen LogP) is 3.12. The summed E-state index contributed by atoms with van der Waals surface area (Å²) in [5.41, 5.74) is 2.55. The minimum atomic E-state index is -3.19. The van der Waals surface area contributed by atoms with Crippen molar-refractivity contribution in [3.05, 3.63) is 84.1 Å². The van der Waals surface area contributed by atoms with Crippen LogP contribution in [0.1, 0.15) is 17.5 Å². The largest absolute Gasteiger partial charge is 0.307 e. The number of rotatable bonds is 6. The van der Waals surface area contributed by atoms with E-state index >= 15 is 0 Å². The van der Waals surface area contributed by atoms with Crippen LogP contribution in [0.3, 0.4) is 0 Å². The summed E-state index contributed by atoms with van der Waals surface area (Å²) in [6.07, 6.45) is 5.43. The van der Waals surface area contributed by atoms with Gasteiger partial charge in [-0.2, -0.15) is 5.10 Å². The lowest BCUT2D eigenvalue weighted by Crippen LogP contribution is -2.24. The monoisotopic (exact) mass is 422 g/mol. The summed E-state index contributed by atoms with van der Waals surface area (Å²) in [5.74, 6) is 0.537. The molecule has 3 aromatic rings. The molecule has 0 aliphatic carbocycles. The number of carbonyl (C=O) groups is 1. The third-order valence-electron chi connectivity index (χ3n) is 4.85. The molecule has 1 amide bonds. The van der Waals surface area contributed by atoms with Gasteiger partial charge in [-0.1, -0.05) is 42.5 Å². The van der Waals surface area contributed by atoms with E-state index < -0.39 is 10.0 Å². The van der Waals surface area contributed by atoms with Crippen LogP contribution in [0.25, 0.3) is 6.08 Å². The Morgan fingerprint density at radius 1 is 1.07 bits per heavy atom. The normalized spacial score (nSPS) is 15.5. The molecule has 0 atom stereocenters. The minimum absolute atomic E-state index is 0.190. The number of hydrogen-bond acceptors (Lipinski definition) is 4. The molecule has 1 aliphatic rings. The number of anilines is 2. The molecule has 0 unspecified atom stereocenters. The zero-order valence-corrected chi connectivity index (χ0v) is 17.1. The van der Waals surface area contributed by atoms with E-state index in [0.29, 0.717) is 31.0 Å².